The Kier molecular flexibility index (Phi) is 2.50. The van der Waals surface area contributed by atoms with E-state index >= 15 is 0 Å². The number of carbonyl (C=O) groups is 1. The normalized spacial score (nSPS) is 10.2. The van der Waals surface area contributed by atoms with Crippen LogP contribution >= 0.6 is 0 Å². The standard InChI is InChI=1S/C9H9N5O2/c10-8-2-1-6(3-11-8)7-4-14(13-12-7)5-9(15)16/h1-4H,5H2,(H2,10,11)(H,15,16). The maximum atomic E-state index is 10.4. The quantitative estimate of drug-likeness (QED) is 0.752. The van der Waals surface area contributed by atoms with Gasteiger partial charge in [0, 0.05) is 11.8 Å². The van der Waals surface area contributed by atoms with Crippen LogP contribution in [0.4, 0.5) is 5.82 Å². The van der Waals surface area contributed by atoms with E-state index in [0.29, 0.717) is 11.5 Å². The first kappa shape index (κ1) is 10.1. The van der Waals surface area contributed by atoms with Crippen LogP contribution in [0.25, 0.3) is 11.3 Å². The van der Waals surface area contributed by atoms with Crippen LogP contribution in [0.1, 0.15) is 0 Å². The van der Waals surface area contributed by atoms with Crippen LogP contribution in [-0.4, -0.2) is 31.1 Å². The zero-order valence-corrected chi connectivity index (χ0v) is 8.24. The fourth-order valence-electron chi connectivity index (χ4n) is 1.20. The smallest absolute Gasteiger partial charge is 0.325 e. The van der Waals surface area contributed by atoms with Crippen molar-refractivity contribution in [2.75, 3.05) is 5.73 Å². The van der Waals surface area contributed by atoms with Gasteiger partial charge in [0.15, 0.2) is 0 Å². The summed E-state index contributed by atoms with van der Waals surface area (Å²) in [5, 5.41) is 16.1. The third-order valence-electron chi connectivity index (χ3n) is 1.92. The van der Waals surface area contributed by atoms with Crippen molar-refractivity contribution in [2.45, 2.75) is 6.54 Å². The van der Waals surface area contributed by atoms with Crippen molar-refractivity contribution in [1.29, 1.82) is 0 Å². The molecule has 0 fully saturated rings. The van der Waals surface area contributed by atoms with Crippen molar-refractivity contribution >= 4 is 11.8 Å². The molecule has 0 saturated carbocycles. The summed E-state index contributed by atoms with van der Waals surface area (Å²) in [6.45, 7) is -0.213. The molecular formula is C9H9N5O2. The molecule has 82 valence electrons. The Bertz CT molecular complexity index is 505. The molecular weight excluding hydrogens is 210 g/mol. The minimum atomic E-state index is -0.966. The van der Waals surface area contributed by atoms with Crippen LogP contribution in [-0.2, 0) is 11.3 Å². The van der Waals surface area contributed by atoms with E-state index < -0.39 is 5.97 Å². The molecule has 7 nitrogen and oxygen atoms in total. The van der Waals surface area contributed by atoms with Gasteiger partial charge in [0.1, 0.15) is 18.1 Å². The molecule has 0 atom stereocenters. The van der Waals surface area contributed by atoms with Crippen molar-refractivity contribution in [1.82, 2.24) is 20.0 Å². The number of hydrogen-bond acceptors (Lipinski definition) is 5. The van der Waals surface area contributed by atoms with E-state index in [4.69, 9.17) is 10.8 Å². The van der Waals surface area contributed by atoms with Gasteiger partial charge in [0.25, 0.3) is 0 Å². The highest BCUT2D eigenvalue weighted by molar-refractivity contribution is 5.66. The van der Waals surface area contributed by atoms with Crippen LogP contribution in [0.15, 0.2) is 24.5 Å². The summed E-state index contributed by atoms with van der Waals surface area (Å²) in [4.78, 5) is 14.4. The van der Waals surface area contributed by atoms with E-state index in [0.717, 1.165) is 5.56 Å². The summed E-state index contributed by atoms with van der Waals surface area (Å²) in [6.07, 6.45) is 3.10. The molecule has 16 heavy (non-hydrogen) atoms. The molecule has 0 spiro atoms. The van der Waals surface area contributed by atoms with Crippen LogP contribution in [0.3, 0.4) is 0 Å². The number of carboxylic acid groups (broad SMARTS) is 1. The van der Waals surface area contributed by atoms with Crippen LogP contribution in [0, 0.1) is 0 Å². The maximum absolute atomic E-state index is 10.4. The van der Waals surface area contributed by atoms with Crippen LogP contribution < -0.4 is 5.73 Å². The molecule has 0 saturated heterocycles. The van der Waals surface area contributed by atoms with Gasteiger partial charge in [-0.05, 0) is 12.1 Å². The Labute approximate surface area is 90.5 Å². The lowest BCUT2D eigenvalue weighted by molar-refractivity contribution is -0.137. The first-order valence-electron chi connectivity index (χ1n) is 4.49. The number of nitrogens with two attached hydrogens (primary N) is 1. The van der Waals surface area contributed by atoms with E-state index in [1.165, 1.54) is 4.68 Å². The lowest BCUT2D eigenvalue weighted by Gasteiger charge is -1.95. The predicted octanol–water partition coefficient (Wildman–Crippen LogP) is 0.00690. The number of pyridine rings is 1. The number of anilines is 1. The van der Waals surface area contributed by atoms with E-state index in [-0.39, 0.29) is 6.54 Å². The largest absolute Gasteiger partial charge is 0.480 e. The number of carboxylic acids is 1. The van der Waals surface area contributed by atoms with Gasteiger partial charge in [0.05, 0.1) is 6.20 Å². The predicted molar refractivity (Wildman–Crippen MR) is 55.3 cm³/mol. The number of rotatable bonds is 3. The van der Waals surface area contributed by atoms with Gasteiger partial charge in [-0.15, -0.1) is 5.10 Å². The zero-order valence-electron chi connectivity index (χ0n) is 8.24. The number of aliphatic carboxylic acids is 1. The highest BCUT2D eigenvalue weighted by atomic mass is 16.4. The minimum Gasteiger partial charge on any atom is -0.480 e. The van der Waals surface area contributed by atoms with Crippen LogP contribution in [0.5, 0.6) is 0 Å². The van der Waals surface area contributed by atoms with Gasteiger partial charge in [-0.1, -0.05) is 5.21 Å². The minimum absolute atomic E-state index is 0.213. The first-order valence-corrected chi connectivity index (χ1v) is 4.49. The third kappa shape index (κ3) is 2.14. The first-order chi connectivity index (χ1) is 7.65. The van der Waals surface area contributed by atoms with Crippen LogP contribution in [0.2, 0.25) is 0 Å². The molecule has 0 unspecified atom stereocenters. The lowest BCUT2D eigenvalue weighted by atomic mass is 10.2. The topological polar surface area (TPSA) is 107 Å². The Morgan fingerprint density at radius 1 is 1.50 bits per heavy atom. The average Bonchev–Trinajstić information content (AvgIpc) is 2.66. The second kappa shape index (κ2) is 3.97. The van der Waals surface area contributed by atoms with Crippen molar-refractivity contribution < 1.29 is 9.90 Å². The summed E-state index contributed by atoms with van der Waals surface area (Å²) in [7, 11) is 0. The number of nitrogens with zero attached hydrogens (tertiary/aromatic N) is 4. The Morgan fingerprint density at radius 3 is 2.94 bits per heavy atom. The van der Waals surface area contributed by atoms with E-state index in [1.54, 1.807) is 24.5 Å². The highest BCUT2D eigenvalue weighted by Gasteiger charge is 2.06. The summed E-state index contributed by atoms with van der Waals surface area (Å²) < 4.78 is 1.24. The summed E-state index contributed by atoms with van der Waals surface area (Å²) >= 11 is 0. The van der Waals surface area contributed by atoms with Crippen molar-refractivity contribution in [3.8, 4) is 11.3 Å². The summed E-state index contributed by atoms with van der Waals surface area (Å²) in [5.41, 5.74) is 6.75. The van der Waals surface area contributed by atoms with Crippen molar-refractivity contribution in [3.05, 3.63) is 24.5 Å². The summed E-state index contributed by atoms with van der Waals surface area (Å²) in [6, 6.07) is 3.39. The highest BCUT2D eigenvalue weighted by Crippen LogP contribution is 2.15. The number of nitrogen functional groups attached to an aromatic ring is 1. The van der Waals surface area contributed by atoms with Gasteiger partial charge in [-0.2, -0.15) is 0 Å². The van der Waals surface area contributed by atoms with Gasteiger partial charge in [-0.3, -0.25) is 4.79 Å². The Morgan fingerprint density at radius 2 is 2.31 bits per heavy atom. The molecule has 3 N–H and O–H groups in total. The molecule has 0 aliphatic rings. The van der Waals surface area contributed by atoms with Gasteiger partial charge in [-0.25, -0.2) is 9.67 Å². The second-order valence-electron chi connectivity index (χ2n) is 3.17. The zero-order chi connectivity index (χ0) is 11.5. The monoisotopic (exact) mass is 219 g/mol. The third-order valence-corrected chi connectivity index (χ3v) is 1.92. The van der Waals surface area contributed by atoms with Crippen molar-refractivity contribution in [3.63, 3.8) is 0 Å². The molecule has 0 amide bonds. The number of hydrogen-bond donors (Lipinski definition) is 2. The lowest BCUT2D eigenvalue weighted by Crippen LogP contribution is -2.08. The molecule has 2 heterocycles. The molecule has 7 heteroatoms. The molecule has 2 rings (SSSR count). The van der Waals surface area contributed by atoms with E-state index in [1.807, 2.05) is 0 Å². The molecule has 0 aliphatic heterocycles. The fraction of sp³-hybridized carbons (Fsp3) is 0.111. The molecule has 2 aromatic heterocycles. The SMILES string of the molecule is Nc1ccc(-c2cn(CC(=O)O)nn2)cn1. The molecule has 2 aromatic rings. The molecule has 0 aliphatic carbocycles. The average molecular weight is 219 g/mol. The van der Waals surface area contributed by atoms with Gasteiger partial charge < -0.3 is 10.8 Å². The van der Waals surface area contributed by atoms with Gasteiger partial charge in [0.2, 0.25) is 0 Å². The number of aromatic nitrogens is 4. The molecule has 0 bridgehead atoms. The Hall–Kier alpha value is -2.44. The summed E-state index contributed by atoms with van der Waals surface area (Å²) in [5.74, 6) is -0.548. The molecule has 0 radical (unpaired) electrons. The fourth-order valence-corrected chi connectivity index (χ4v) is 1.20. The Balaban J connectivity index is 2.24. The van der Waals surface area contributed by atoms with E-state index in [9.17, 15) is 4.79 Å². The second-order valence-corrected chi connectivity index (χ2v) is 3.17. The van der Waals surface area contributed by atoms with Gasteiger partial charge >= 0.3 is 5.97 Å². The maximum Gasteiger partial charge on any atom is 0.325 e. The van der Waals surface area contributed by atoms with Crippen molar-refractivity contribution in [2.24, 2.45) is 0 Å². The molecule has 0 aromatic carbocycles. The van der Waals surface area contributed by atoms with E-state index in [2.05, 4.69) is 15.3 Å².